The van der Waals surface area contributed by atoms with Crippen LogP contribution in [-0.4, -0.2) is 55.0 Å². The van der Waals surface area contributed by atoms with Gasteiger partial charge in [-0.2, -0.15) is 0 Å². The van der Waals surface area contributed by atoms with E-state index in [0.29, 0.717) is 12.6 Å². The Morgan fingerprint density at radius 3 is 2.95 bits per heavy atom. The van der Waals surface area contributed by atoms with Gasteiger partial charge in [0.1, 0.15) is 0 Å². The number of amides is 1. The fourth-order valence-corrected chi connectivity index (χ4v) is 3.03. The van der Waals surface area contributed by atoms with Crippen LogP contribution in [0.5, 0.6) is 0 Å². The molecule has 1 N–H and O–H groups in total. The predicted molar refractivity (Wildman–Crippen MR) is 77.8 cm³/mol. The molecule has 0 aromatic heterocycles. The fourth-order valence-electron chi connectivity index (χ4n) is 3.03. The first-order valence-electron chi connectivity index (χ1n) is 7.62. The molecular formula is C15H27N3O. The van der Waals surface area contributed by atoms with Gasteiger partial charge in [0.05, 0.1) is 6.54 Å². The van der Waals surface area contributed by atoms with Gasteiger partial charge in [0.2, 0.25) is 5.91 Å². The maximum Gasteiger partial charge on any atom is 0.240 e. The van der Waals surface area contributed by atoms with Crippen molar-refractivity contribution in [2.45, 2.75) is 45.1 Å². The lowest BCUT2D eigenvalue weighted by Gasteiger charge is -2.29. The van der Waals surface area contributed by atoms with Gasteiger partial charge in [-0.05, 0) is 45.2 Å². The van der Waals surface area contributed by atoms with Crippen LogP contribution in [0.1, 0.15) is 39.0 Å². The molecule has 108 valence electrons. The van der Waals surface area contributed by atoms with Crippen LogP contribution in [0, 0.1) is 0 Å². The molecule has 1 aliphatic heterocycles. The summed E-state index contributed by atoms with van der Waals surface area (Å²) in [6, 6.07) is 0.537. The van der Waals surface area contributed by atoms with E-state index in [1.165, 1.54) is 18.5 Å². The molecule has 1 amide bonds. The van der Waals surface area contributed by atoms with Crippen LogP contribution in [-0.2, 0) is 4.79 Å². The van der Waals surface area contributed by atoms with Gasteiger partial charge in [0.25, 0.3) is 0 Å². The van der Waals surface area contributed by atoms with E-state index in [9.17, 15) is 4.79 Å². The number of carbonyl (C=O) groups excluding carboxylic acids is 1. The van der Waals surface area contributed by atoms with Crippen molar-refractivity contribution in [3.05, 3.63) is 11.8 Å². The highest BCUT2D eigenvalue weighted by Gasteiger charge is 2.25. The maximum atomic E-state index is 12.4. The molecule has 1 fully saturated rings. The van der Waals surface area contributed by atoms with Gasteiger partial charge in [-0.25, -0.2) is 0 Å². The summed E-state index contributed by atoms with van der Waals surface area (Å²) >= 11 is 0. The molecule has 0 saturated carbocycles. The SMILES string of the molecule is CCCN(CC(=O)N(C)C1=CCCC1)C1CCNC1. The summed E-state index contributed by atoms with van der Waals surface area (Å²) in [4.78, 5) is 16.6. The van der Waals surface area contributed by atoms with Crippen molar-refractivity contribution >= 4 is 5.91 Å². The van der Waals surface area contributed by atoms with E-state index in [-0.39, 0.29) is 5.91 Å². The van der Waals surface area contributed by atoms with E-state index in [1.54, 1.807) is 0 Å². The summed E-state index contributed by atoms with van der Waals surface area (Å²) in [7, 11) is 1.93. The third-order valence-corrected chi connectivity index (χ3v) is 4.22. The number of carbonyl (C=O) groups is 1. The number of likely N-dealkylation sites (N-methyl/N-ethyl adjacent to an activating group) is 1. The number of nitrogens with zero attached hydrogens (tertiary/aromatic N) is 2. The molecule has 1 atom stereocenters. The minimum atomic E-state index is 0.244. The van der Waals surface area contributed by atoms with Crippen LogP contribution in [0.3, 0.4) is 0 Å². The molecule has 2 aliphatic rings. The zero-order chi connectivity index (χ0) is 13.7. The molecule has 4 nitrogen and oxygen atoms in total. The Morgan fingerprint density at radius 2 is 2.37 bits per heavy atom. The summed E-state index contributed by atoms with van der Waals surface area (Å²) < 4.78 is 0. The molecule has 0 aromatic carbocycles. The lowest BCUT2D eigenvalue weighted by molar-refractivity contribution is -0.130. The highest BCUT2D eigenvalue weighted by molar-refractivity contribution is 5.79. The highest BCUT2D eigenvalue weighted by Crippen LogP contribution is 2.20. The van der Waals surface area contributed by atoms with Gasteiger partial charge in [0.15, 0.2) is 0 Å². The fraction of sp³-hybridized carbons (Fsp3) is 0.800. The van der Waals surface area contributed by atoms with Crippen LogP contribution in [0.15, 0.2) is 11.8 Å². The van der Waals surface area contributed by atoms with Gasteiger partial charge in [-0.15, -0.1) is 0 Å². The van der Waals surface area contributed by atoms with Crippen molar-refractivity contribution in [2.24, 2.45) is 0 Å². The van der Waals surface area contributed by atoms with Crippen molar-refractivity contribution in [1.82, 2.24) is 15.1 Å². The zero-order valence-electron chi connectivity index (χ0n) is 12.3. The molecule has 1 unspecified atom stereocenters. The van der Waals surface area contributed by atoms with E-state index >= 15 is 0 Å². The third-order valence-electron chi connectivity index (χ3n) is 4.22. The monoisotopic (exact) mass is 265 g/mol. The average Bonchev–Trinajstić information content (AvgIpc) is 3.10. The van der Waals surface area contributed by atoms with E-state index in [2.05, 4.69) is 23.2 Å². The Balaban J connectivity index is 1.90. The molecule has 1 heterocycles. The second kappa shape index (κ2) is 7.06. The molecule has 0 radical (unpaired) electrons. The van der Waals surface area contributed by atoms with Crippen LogP contribution in [0.25, 0.3) is 0 Å². The number of allylic oxidation sites excluding steroid dienone is 2. The van der Waals surface area contributed by atoms with Gasteiger partial charge < -0.3 is 10.2 Å². The first kappa shape index (κ1) is 14.5. The van der Waals surface area contributed by atoms with Gasteiger partial charge in [-0.1, -0.05) is 13.0 Å². The number of hydrogen-bond acceptors (Lipinski definition) is 3. The van der Waals surface area contributed by atoms with Crippen molar-refractivity contribution in [3.8, 4) is 0 Å². The first-order chi connectivity index (χ1) is 9.22. The van der Waals surface area contributed by atoms with Crippen molar-refractivity contribution < 1.29 is 4.79 Å². The van der Waals surface area contributed by atoms with Crippen molar-refractivity contribution in [2.75, 3.05) is 33.2 Å². The lowest BCUT2D eigenvalue weighted by atomic mass is 10.2. The highest BCUT2D eigenvalue weighted by atomic mass is 16.2. The Bertz CT molecular complexity index is 334. The molecule has 1 aliphatic carbocycles. The minimum Gasteiger partial charge on any atom is -0.318 e. The standard InChI is InChI=1S/C15H27N3O/c1-3-10-18(14-8-9-16-11-14)12-15(19)17(2)13-6-4-5-7-13/h6,14,16H,3-5,7-12H2,1-2H3. The molecule has 1 saturated heterocycles. The van der Waals surface area contributed by atoms with Gasteiger partial charge in [0, 0.05) is 25.3 Å². The Labute approximate surface area is 116 Å². The smallest absolute Gasteiger partial charge is 0.240 e. The van der Waals surface area contributed by atoms with Crippen molar-refractivity contribution in [3.63, 3.8) is 0 Å². The number of hydrogen-bond donors (Lipinski definition) is 1. The van der Waals surface area contributed by atoms with Crippen LogP contribution < -0.4 is 5.32 Å². The van der Waals surface area contributed by atoms with E-state index in [1.807, 2.05) is 11.9 Å². The quantitative estimate of drug-likeness (QED) is 0.792. The van der Waals surface area contributed by atoms with Gasteiger partial charge >= 0.3 is 0 Å². The third kappa shape index (κ3) is 3.80. The normalized spacial score (nSPS) is 22.9. The Morgan fingerprint density at radius 1 is 1.53 bits per heavy atom. The molecule has 4 heteroatoms. The van der Waals surface area contributed by atoms with E-state index in [0.717, 1.165) is 38.9 Å². The second-order valence-electron chi connectivity index (χ2n) is 5.66. The van der Waals surface area contributed by atoms with E-state index < -0.39 is 0 Å². The number of rotatable bonds is 6. The Hall–Kier alpha value is -0.870. The van der Waals surface area contributed by atoms with Gasteiger partial charge in [-0.3, -0.25) is 9.69 Å². The largest absolute Gasteiger partial charge is 0.318 e. The summed E-state index contributed by atoms with van der Waals surface area (Å²) in [5.41, 5.74) is 1.21. The summed E-state index contributed by atoms with van der Waals surface area (Å²) in [6.45, 7) is 5.88. The van der Waals surface area contributed by atoms with Crippen LogP contribution in [0.4, 0.5) is 0 Å². The van der Waals surface area contributed by atoms with Crippen LogP contribution >= 0.6 is 0 Å². The molecule has 2 rings (SSSR count). The van der Waals surface area contributed by atoms with Crippen molar-refractivity contribution in [1.29, 1.82) is 0 Å². The molecule has 0 spiro atoms. The zero-order valence-corrected chi connectivity index (χ0v) is 12.3. The second-order valence-corrected chi connectivity index (χ2v) is 5.66. The summed E-state index contributed by atoms with van der Waals surface area (Å²) in [5.74, 6) is 0.244. The first-order valence-corrected chi connectivity index (χ1v) is 7.62. The predicted octanol–water partition coefficient (Wildman–Crippen LogP) is 1.59. The summed E-state index contributed by atoms with van der Waals surface area (Å²) in [5, 5.41) is 3.39. The molecular weight excluding hydrogens is 238 g/mol. The summed E-state index contributed by atoms with van der Waals surface area (Å²) in [6.07, 6.45) is 7.85. The van der Waals surface area contributed by atoms with E-state index in [4.69, 9.17) is 0 Å². The Kier molecular flexibility index (Phi) is 5.40. The maximum absolute atomic E-state index is 12.4. The van der Waals surface area contributed by atoms with Crippen LogP contribution in [0.2, 0.25) is 0 Å². The average molecular weight is 265 g/mol. The minimum absolute atomic E-state index is 0.244. The topological polar surface area (TPSA) is 35.6 Å². The number of nitrogens with one attached hydrogen (secondary N) is 1. The lowest BCUT2D eigenvalue weighted by Crippen LogP contribution is -2.44. The molecule has 0 bridgehead atoms. The molecule has 19 heavy (non-hydrogen) atoms. The molecule has 0 aromatic rings.